The quantitative estimate of drug-likeness (QED) is 0.857. The van der Waals surface area contributed by atoms with Crippen LogP contribution >= 0.6 is 15.9 Å². The van der Waals surface area contributed by atoms with E-state index in [1.807, 2.05) is 12.1 Å². The van der Waals surface area contributed by atoms with Crippen molar-refractivity contribution in [1.29, 1.82) is 0 Å². The number of benzene rings is 1. The van der Waals surface area contributed by atoms with Crippen LogP contribution < -0.4 is 9.47 Å². The zero-order chi connectivity index (χ0) is 14.9. The van der Waals surface area contributed by atoms with E-state index < -0.39 is 11.4 Å². The molecule has 20 heavy (non-hydrogen) atoms. The van der Waals surface area contributed by atoms with Crippen molar-refractivity contribution < 1.29 is 19.4 Å². The van der Waals surface area contributed by atoms with Crippen LogP contribution in [0.25, 0.3) is 0 Å². The fourth-order valence-corrected chi connectivity index (χ4v) is 2.43. The second-order valence-electron chi connectivity index (χ2n) is 5.78. The first-order valence-corrected chi connectivity index (χ1v) is 7.39. The Bertz CT molecular complexity index is 521. The fourth-order valence-electron chi connectivity index (χ4n) is 1.94. The Hall–Kier alpha value is -1.23. The smallest absolute Gasteiger partial charge is 0.309 e. The molecule has 0 aromatic heterocycles. The summed E-state index contributed by atoms with van der Waals surface area (Å²) >= 11 is 3.43. The number of rotatable bonds is 6. The highest BCUT2D eigenvalue weighted by molar-refractivity contribution is 9.10. The third-order valence-corrected chi connectivity index (χ3v) is 3.79. The molecule has 1 N–H and O–H groups in total. The molecule has 1 saturated carbocycles. The van der Waals surface area contributed by atoms with Crippen LogP contribution in [0.4, 0.5) is 0 Å². The number of carbonyl (C=O) groups is 1. The standard InChI is InChI=1S/C15H19BrO4/c1-15(2,14(17)18)8-9-6-10(16)7-12(19-3)13(9)20-11-4-5-11/h6-7,11H,4-5,8H2,1-3H3,(H,17,18). The van der Waals surface area contributed by atoms with Crippen molar-refractivity contribution in [3.63, 3.8) is 0 Å². The summed E-state index contributed by atoms with van der Waals surface area (Å²) in [5.74, 6) is 0.490. The predicted octanol–water partition coefficient (Wildman–Crippen LogP) is 3.65. The van der Waals surface area contributed by atoms with Crippen molar-refractivity contribution in [2.75, 3.05) is 7.11 Å². The zero-order valence-corrected chi connectivity index (χ0v) is 13.5. The molecule has 5 heteroatoms. The Morgan fingerprint density at radius 3 is 2.60 bits per heavy atom. The molecule has 0 radical (unpaired) electrons. The third kappa shape index (κ3) is 3.45. The van der Waals surface area contributed by atoms with Gasteiger partial charge in [-0.15, -0.1) is 0 Å². The lowest BCUT2D eigenvalue weighted by Gasteiger charge is -2.22. The van der Waals surface area contributed by atoms with Crippen LogP contribution in [-0.4, -0.2) is 24.3 Å². The summed E-state index contributed by atoms with van der Waals surface area (Å²) in [7, 11) is 1.59. The molecule has 4 nitrogen and oxygen atoms in total. The number of carboxylic acids is 1. The second-order valence-corrected chi connectivity index (χ2v) is 6.69. The summed E-state index contributed by atoms with van der Waals surface area (Å²) < 4.78 is 12.1. The lowest BCUT2D eigenvalue weighted by molar-refractivity contribution is -0.146. The van der Waals surface area contributed by atoms with E-state index in [9.17, 15) is 9.90 Å². The van der Waals surface area contributed by atoms with E-state index in [0.29, 0.717) is 17.9 Å². The summed E-state index contributed by atoms with van der Waals surface area (Å²) in [6.45, 7) is 3.42. The average Bonchev–Trinajstić information content (AvgIpc) is 3.15. The summed E-state index contributed by atoms with van der Waals surface area (Å²) in [4.78, 5) is 11.3. The lowest BCUT2D eigenvalue weighted by Crippen LogP contribution is -2.26. The number of hydrogen-bond acceptors (Lipinski definition) is 3. The minimum atomic E-state index is -0.854. The van der Waals surface area contributed by atoms with Crippen LogP contribution in [0.3, 0.4) is 0 Å². The molecule has 1 aliphatic carbocycles. The number of methoxy groups -OCH3 is 1. The molecule has 0 aliphatic heterocycles. The van der Waals surface area contributed by atoms with Crippen molar-refractivity contribution in [3.05, 3.63) is 22.2 Å². The minimum absolute atomic E-state index is 0.233. The lowest BCUT2D eigenvalue weighted by atomic mass is 9.85. The molecular formula is C15H19BrO4. The highest BCUT2D eigenvalue weighted by atomic mass is 79.9. The Morgan fingerprint density at radius 1 is 1.45 bits per heavy atom. The van der Waals surface area contributed by atoms with Crippen LogP contribution in [0.5, 0.6) is 11.5 Å². The fraction of sp³-hybridized carbons (Fsp3) is 0.533. The molecule has 1 aromatic rings. The van der Waals surface area contributed by atoms with Gasteiger partial charge in [-0.1, -0.05) is 15.9 Å². The third-order valence-electron chi connectivity index (χ3n) is 3.34. The number of carboxylic acid groups (broad SMARTS) is 1. The van der Waals surface area contributed by atoms with Gasteiger partial charge in [-0.25, -0.2) is 0 Å². The monoisotopic (exact) mass is 342 g/mol. The van der Waals surface area contributed by atoms with E-state index in [-0.39, 0.29) is 6.10 Å². The predicted molar refractivity (Wildman–Crippen MR) is 79.5 cm³/mol. The van der Waals surface area contributed by atoms with E-state index in [1.165, 1.54) is 0 Å². The van der Waals surface area contributed by atoms with Crippen molar-refractivity contribution in [2.24, 2.45) is 5.41 Å². The molecule has 0 spiro atoms. The number of halogens is 1. The highest BCUT2D eigenvalue weighted by Gasteiger charge is 2.32. The topological polar surface area (TPSA) is 55.8 Å². The highest BCUT2D eigenvalue weighted by Crippen LogP contribution is 2.41. The van der Waals surface area contributed by atoms with Crippen LogP contribution in [0.2, 0.25) is 0 Å². The molecule has 0 heterocycles. The van der Waals surface area contributed by atoms with Gasteiger partial charge in [0.15, 0.2) is 11.5 Å². The zero-order valence-electron chi connectivity index (χ0n) is 11.9. The van der Waals surface area contributed by atoms with Crippen LogP contribution in [0, 0.1) is 5.41 Å². The molecule has 0 unspecified atom stereocenters. The second kappa shape index (κ2) is 5.64. The molecule has 0 amide bonds. The first-order chi connectivity index (χ1) is 9.33. The number of hydrogen-bond donors (Lipinski definition) is 1. The Kier molecular flexibility index (Phi) is 4.28. The summed E-state index contributed by atoms with van der Waals surface area (Å²) in [6, 6.07) is 3.75. The van der Waals surface area contributed by atoms with Gasteiger partial charge < -0.3 is 14.6 Å². The minimum Gasteiger partial charge on any atom is -0.493 e. The van der Waals surface area contributed by atoms with E-state index in [2.05, 4.69) is 15.9 Å². The molecule has 1 fully saturated rings. The van der Waals surface area contributed by atoms with Gasteiger partial charge in [-0.05, 0) is 45.2 Å². The van der Waals surface area contributed by atoms with Crippen LogP contribution in [0.15, 0.2) is 16.6 Å². The van der Waals surface area contributed by atoms with Gasteiger partial charge in [0, 0.05) is 10.0 Å². The molecule has 1 aromatic carbocycles. The summed E-state index contributed by atoms with van der Waals surface area (Å²) in [6.07, 6.45) is 2.71. The Morgan fingerprint density at radius 2 is 2.10 bits per heavy atom. The summed E-state index contributed by atoms with van der Waals surface area (Å²) in [5.41, 5.74) is 0.00326. The number of aliphatic carboxylic acids is 1. The van der Waals surface area contributed by atoms with E-state index in [1.54, 1.807) is 21.0 Å². The largest absolute Gasteiger partial charge is 0.493 e. The SMILES string of the molecule is COc1cc(Br)cc(CC(C)(C)C(=O)O)c1OC1CC1. The normalized spacial score (nSPS) is 15.0. The summed E-state index contributed by atoms with van der Waals surface area (Å²) in [5, 5.41) is 9.30. The maximum absolute atomic E-state index is 11.3. The maximum Gasteiger partial charge on any atom is 0.309 e. The van der Waals surface area contributed by atoms with Crippen molar-refractivity contribution in [2.45, 2.75) is 39.2 Å². The molecule has 2 rings (SSSR count). The van der Waals surface area contributed by atoms with E-state index in [0.717, 1.165) is 22.9 Å². The Balaban J connectivity index is 2.38. The van der Waals surface area contributed by atoms with Crippen LogP contribution in [0.1, 0.15) is 32.3 Å². The van der Waals surface area contributed by atoms with Gasteiger partial charge >= 0.3 is 5.97 Å². The number of ether oxygens (including phenoxy) is 2. The molecule has 0 saturated heterocycles. The van der Waals surface area contributed by atoms with Crippen LogP contribution in [-0.2, 0) is 11.2 Å². The van der Waals surface area contributed by atoms with Gasteiger partial charge in [0.2, 0.25) is 0 Å². The van der Waals surface area contributed by atoms with Gasteiger partial charge in [0.05, 0.1) is 18.6 Å². The van der Waals surface area contributed by atoms with Gasteiger partial charge in [-0.3, -0.25) is 4.79 Å². The molecular weight excluding hydrogens is 324 g/mol. The van der Waals surface area contributed by atoms with E-state index in [4.69, 9.17) is 9.47 Å². The molecule has 0 bridgehead atoms. The Labute approximate surface area is 127 Å². The molecule has 1 aliphatic rings. The van der Waals surface area contributed by atoms with Crippen molar-refractivity contribution in [3.8, 4) is 11.5 Å². The average molecular weight is 343 g/mol. The van der Waals surface area contributed by atoms with Crippen molar-refractivity contribution in [1.82, 2.24) is 0 Å². The van der Waals surface area contributed by atoms with Gasteiger partial charge in [-0.2, -0.15) is 0 Å². The first kappa shape index (κ1) is 15.2. The van der Waals surface area contributed by atoms with E-state index >= 15 is 0 Å². The van der Waals surface area contributed by atoms with Gasteiger partial charge in [0.1, 0.15) is 0 Å². The van der Waals surface area contributed by atoms with Crippen molar-refractivity contribution >= 4 is 21.9 Å². The maximum atomic E-state index is 11.3. The molecule has 0 atom stereocenters. The first-order valence-electron chi connectivity index (χ1n) is 6.60. The van der Waals surface area contributed by atoms with Gasteiger partial charge in [0.25, 0.3) is 0 Å². The molecule has 110 valence electrons.